The molecular formula is C10H15ClN4O2. The van der Waals surface area contributed by atoms with Gasteiger partial charge in [-0.15, -0.1) is 16.7 Å². The molecule has 1 aliphatic carbocycles. The van der Waals surface area contributed by atoms with Crippen LogP contribution in [0.4, 0.5) is 6.01 Å². The third-order valence-electron chi connectivity index (χ3n) is 2.43. The molecule has 1 aliphatic rings. The zero-order chi connectivity index (χ0) is 12.3. The van der Waals surface area contributed by atoms with Crippen molar-refractivity contribution in [2.24, 2.45) is 5.92 Å². The van der Waals surface area contributed by atoms with Gasteiger partial charge in [-0.1, -0.05) is 5.10 Å². The van der Waals surface area contributed by atoms with Gasteiger partial charge in [0.2, 0.25) is 11.8 Å². The summed E-state index contributed by atoms with van der Waals surface area (Å²) in [6.45, 7) is 2.86. The van der Waals surface area contributed by atoms with Crippen LogP contribution in [0.3, 0.4) is 0 Å². The fourth-order valence-corrected chi connectivity index (χ4v) is 1.40. The first-order valence-electron chi connectivity index (χ1n) is 5.66. The normalized spacial score (nSPS) is 16.6. The molecule has 1 aromatic rings. The third kappa shape index (κ3) is 3.59. The highest BCUT2D eigenvalue weighted by molar-refractivity contribution is 6.20. The molecule has 1 fully saturated rings. The quantitative estimate of drug-likeness (QED) is 0.594. The molecule has 2 rings (SSSR count). The van der Waals surface area contributed by atoms with Crippen LogP contribution in [0.2, 0.25) is 0 Å². The number of nitrogens with zero attached hydrogens (tertiary/aromatic N) is 2. The first-order chi connectivity index (χ1) is 8.16. The molecule has 0 aliphatic heterocycles. The highest BCUT2D eigenvalue weighted by Crippen LogP contribution is 2.28. The summed E-state index contributed by atoms with van der Waals surface area (Å²) in [7, 11) is 0. The number of rotatable bonds is 6. The van der Waals surface area contributed by atoms with Crippen LogP contribution < -0.4 is 10.6 Å². The molecule has 0 spiro atoms. The van der Waals surface area contributed by atoms with Crippen molar-refractivity contribution in [2.45, 2.75) is 25.1 Å². The van der Waals surface area contributed by atoms with Crippen LogP contribution in [0.25, 0.3) is 0 Å². The molecule has 0 bridgehead atoms. The number of carbonyl (C=O) groups excluding carboxylic acids is 1. The van der Waals surface area contributed by atoms with Gasteiger partial charge in [-0.05, 0) is 19.8 Å². The Balaban J connectivity index is 1.65. The SMILES string of the molecule is CC(Cl)c1nnc(NCCNC(=O)C2CC2)o1. The smallest absolute Gasteiger partial charge is 0.315 e. The third-order valence-corrected chi connectivity index (χ3v) is 2.62. The summed E-state index contributed by atoms with van der Waals surface area (Å²) in [6.07, 6.45) is 2.03. The maximum absolute atomic E-state index is 11.3. The number of nitrogens with one attached hydrogen (secondary N) is 2. The van der Waals surface area contributed by atoms with Crippen LogP contribution in [-0.4, -0.2) is 29.2 Å². The van der Waals surface area contributed by atoms with Gasteiger partial charge >= 0.3 is 6.01 Å². The molecule has 0 saturated heterocycles. The number of amides is 1. The second kappa shape index (κ2) is 5.35. The van der Waals surface area contributed by atoms with Gasteiger partial charge in [0.15, 0.2) is 0 Å². The molecule has 0 radical (unpaired) electrons. The maximum Gasteiger partial charge on any atom is 0.315 e. The number of anilines is 1. The van der Waals surface area contributed by atoms with E-state index in [-0.39, 0.29) is 17.2 Å². The highest BCUT2D eigenvalue weighted by Gasteiger charge is 2.28. The Hall–Kier alpha value is -1.30. The predicted octanol–water partition coefficient (Wildman–Crippen LogP) is 1.31. The van der Waals surface area contributed by atoms with Crippen LogP contribution in [0, 0.1) is 5.92 Å². The van der Waals surface area contributed by atoms with Crippen LogP contribution in [-0.2, 0) is 4.79 Å². The van der Waals surface area contributed by atoms with E-state index >= 15 is 0 Å². The average molecular weight is 259 g/mol. The van der Waals surface area contributed by atoms with Gasteiger partial charge in [-0.2, -0.15) is 0 Å². The molecule has 1 amide bonds. The van der Waals surface area contributed by atoms with Crippen molar-refractivity contribution < 1.29 is 9.21 Å². The highest BCUT2D eigenvalue weighted by atomic mass is 35.5. The Kier molecular flexibility index (Phi) is 3.83. The van der Waals surface area contributed by atoms with Crippen molar-refractivity contribution in [1.82, 2.24) is 15.5 Å². The van der Waals surface area contributed by atoms with Gasteiger partial charge < -0.3 is 15.1 Å². The van der Waals surface area contributed by atoms with E-state index in [9.17, 15) is 4.79 Å². The van der Waals surface area contributed by atoms with Crippen molar-refractivity contribution in [3.63, 3.8) is 0 Å². The lowest BCUT2D eigenvalue weighted by atomic mass is 10.4. The number of aromatic nitrogens is 2. The monoisotopic (exact) mass is 258 g/mol. The lowest BCUT2D eigenvalue weighted by Crippen LogP contribution is -2.29. The van der Waals surface area contributed by atoms with Crippen LogP contribution in [0.1, 0.15) is 31.0 Å². The summed E-state index contributed by atoms with van der Waals surface area (Å²) in [6, 6.07) is 0.327. The van der Waals surface area contributed by atoms with Gasteiger partial charge in [-0.25, -0.2) is 0 Å². The van der Waals surface area contributed by atoms with Gasteiger partial charge in [0.25, 0.3) is 0 Å². The molecule has 17 heavy (non-hydrogen) atoms. The Bertz CT molecular complexity index is 389. The maximum atomic E-state index is 11.3. The molecule has 1 aromatic heterocycles. The Morgan fingerprint density at radius 3 is 2.88 bits per heavy atom. The summed E-state index contributed by atoms with van der Waals surface area (Å²) >= 11 is 5.78. The number of alkyl halides is 1. The van der Waals surface area contributed by atoms with Crippen molar-refractivity contribution in [1.29, 1.82) is 0 Å². The average Bonchev–Trinajstić information content (AvgIpc) is 3.03. The summed E-state index contributed by atoms with van der Waals surface area (Å²) < 4.78 is 5.23. The van der Waals surface area contributed by atoms with Crippen molar-refractivity contribution in [3.8, 4) is 0 Å². The van der Waals surface area contributed by atoms with E-state index in [2.05, 4.69) is 20.8 Å². The van der Waals surface area contributed by atoms with E-state index in [4.69, 9.17) is 16.0 Å². The molecule has 2 N–H and O–H groups in total. The van der Waals surface area contributed by atoms with Gasteiger partial charge in [0.1, 0.15) is 5.38 Å². The second-order valence-electron chi connectivity index (χ2n) is 4.05. The van der Waals surface area contributed by atoms with Gasteiger partial charge in [0.05, 0.1) is 0 Å². The van der Waals surface area contributed by atoms with Crippen molar-refractivity contribution in [3.05, 3.63) is 5.89 Å². The predicted molar refractivity (Wildman–Crippen MR) is 62.8 cm³/mol. The first-order valence-corrected chi connectivity index (χ1v) is 6.09. The fraction of sp³-hybridized carbons (Fsp3) is 0.700. The van der Waals surface area contributed by atoms with Gasteiger partial charge in [0, 0.05) is 19.0 Å². The lowest BCUT2D eigenvalue weighted by molar-refractivity contribution is -0.122. The van der Waals surface area contributed by atoms with E-state index in [1.807, 2.05) is 0 Å². The first kappa shape index (κ1) is 12.2. The van der Waals surface area contributed by atoms with Crippen LogP contribution in [0.15, 0.2) is 4.42 Å². The molecule has 7 heteroatoms. The van der Waals surface area contributed by atoms with E-state index < -0.39 is 0 Å². The zero-order valence-corrected chi connectivity index (χ0v) is 10.3. The van der Waals surface area contributed by atoms with Crippen molar-refractivity contribution >= 4 is 23.5 Å². The molecule has 1 unspecified atom stereocenters. The molecule has 1 atom stereocenters. The van der Waals surface area contributed by atoms with E-state index in [1.54, 1.807) is 6.92 Å². The minimum atomic E-state index is -0.299. The Morgan fingerprint density at radius 2 is 2.29 bits per heavy atom. The molecule has 1 heterocycles. The summed E-state index contributed by atoms with van der Waals surface area (Å²) in [4.78, 5) is 11.3. The van der Waals surface area contributed by atoms with Crippen molar-refractivity contribution in [2.75, 3.05) is 18.4 Å². The zero-order valence-electron chi connectivity index (χ0n) is 9.57. The number of halogens is 1. The molecular weight excluding hydrogens is 244 g/mol. The summed E-state index contributed by atoms with van der Waals surface area (Å²) in [5.41, 5.74) is 0. The van der Waals surface area contributed by atoms with Crippen LogP contribution >= 0.6 is 11.6 Å². The van der Waals surface area contributed by atoms with Crippen LogP contribution in [0.5, 0.6) is 0 Å². The Labute approximate surface area is 104 Å². The molecule has 1 saturated carbocycles. The van der Waals surface area contributed by atoms with E-state index in [1.165, 1.54) is 0 Å². The minimum absolute atomic E-state index is 0.132. The minimum Gasteiger partial charge on any atom is -0.407 e. The molecule has 6 nitrogen and oxygen atoms in total. The lowest BCUT2D eigenvalue weighted by Gasteiger charge is -2.03. The second-order valence-corrected chi connectivity index (χ2v) is 4.71. The Morgan fingerprint density at radius 1 is 1.53 bits per heavy atom. The summed E-state index contributed by atoms with van der Waals surface area (Å²) in [5, 5.41) is 13.0. The van der Waals surface area contributed by atoms with Gasteiger partial charge in [-0.3, -0.25) is 4.79 Å². The number of carbonyl (C=O) groups is 1. The number of hydrogen-bond donors (Lipinski definition) is 2. The largest absolute Gasteiger partial charge is 0.407 e. The summed E-state index contributed by atoms with van der Waals surface area (Å²) in [5.74, 6) is 0.755. The standard InChI is InChI=1S/C10H15ClN4O2/c1-6(11)9-14-15-10(17-9)13-5-4-12-8(16)7-2-3-7/h6-7H,2-5H2,1H3,(H,12,16)(H,13,15). The van der Waals surface area contributed by atoms with E-state index in [0.717, 1.165) is 12.8 Å². The molecule has 0 aromatic carbocycles. The van der Waals surface area contributed by atoms with E-state index in [0.29, 0.717) is 25.0 Å². The fourth-order valence-electron chi connectivity index (χ4n) is 1.31. The molecule has 94 valence electrons. The topological polar surface area (TPSA) is 80.0 Å². The number of hydrogen-bond acceptors (Lipinski definition) is 5.